The van der Waals surface area contributed by atoms with Crippen LogP contribution in [0.5, 0.6) is 0 Å². The van der Waals surface area contributed by atoms with E-state index in [-0.39, 0.29) is 0 Å². The number of fused-ring (bicyclic) bond motifs is 2. The van der Waals surface area contributed by atoms with E-state index in [0.29, 0.717) is 39.7 Å². The molecule has 1 aromatic rings. The van der Waals surface area contributed by atoms with E-state index in [2.05, 4.69) is 156 Å². The Morgan fingerprint density at radius 3 is 2.38 bits per heavy atom. The average Bonchev–Trinajstić information content (AvgIpc) is 3.57. The molecule has 4 heteroatoms. The molecule has 0 amide bonds. The number of allylic oxidation sites excluding steroid dienone is 20. The number of nitrogens with zero attached hydrogens (tertiary/aromatic N) is 3. The molecule has 9 rings (SSSR count). The first kappa shape index (κ1) is 33.9. The SMILES string of the molecule is N#Cc1ccc(N(C2=CC([Si](C3C=CC=CC3)(C3C=CC4=C(C3)C3C=CC=CC3N4C3=CCCC=C3)C3CC=CCC3)CC=C2)C2=CC=CCC2)cc1. The first-order valence-electron chi connectivity index (χ1n) is 20.2. The van der Waals surface area contributed by atoms with E-state index in [1.54, 1.807) is 5.57 Å². The minimum atomic E-state index is -2.25. The van der Waals surface area contributed by atoms with E-state index < -0.39 is 8.07 Å². The fraction of sp³-hybridized carbons (Fsp3) is 0.327. The third kappa shape index (κ3) is 6.14. The van der Waals surface area contributed by atoms with E-state index in [1.165, 1.54) is 42.1 Å². The maximum Gasteiger partial charge on any atom is 0.0991 e. The van der Waals surface area contributed by atoms with Gasteiger partial charge < -0.3 is 9.80 Å². The highest BCUT2D eigenvalue weighted by atomic mass is 28.3. The maximum absolute atomic E-state index is 9.62. The Morgan fingerprint density at radius 2 is 1.60 bits per heavy atom. The van der Waals surface area contributed by atoms with Crippen LogP contribution < -0.4 is 4.90 Å². The van der Waals surface area contributed by atoms with Crippen LogP contribution in [0.1, 0.15) is 69.8 Å². The molecule has 0 spiro atoms. The van der Waals surface area contributed by atoms with Crippen molar-refractivity contribution in [2.24, 2.45) is 5.92 Å². The quantitative estimate of drug-likeness (QED) is 0.199. The lowest BCUT2D eigenvalue weighted by atomic mass is 9.86. The molecule has 1 aliphatic heterocycles. The van der Waals surface area contributed by atoms with Crippen molar-refractivity contribution in [3.63, 3.8) is 0 Å². The van der Waals surface area contributed by atoms with E-state index in [4.69, 9.17) is 0 Å². The van der Waals surface area contributed by atoms with Crippen molar-refractivity contribution in [2.75, 3.05) is 4.90 Å². The molecule has 266 valence electrons. The number of anilines is 1. The molecule has 7 unspecified atom stereocenters. The van der Waals surface area contributed by atoms with Gasteiger partial charge in [0.25, 0.3) is 0 Å². The van der Waals surface area contributed by atoms with Gasteiger partial charge in [-0.3, -0.25) is 0 Å². The van der Waals surface area contributed by atoms with Crippen LogP contribution in [0.2, 0.25) is 22.2 Å². The summed E-state index contributed by atoms with van der Waals surface area (Å²) in [5.41, 5.74) is 11.3. The number of benzene rings is 1. The molecule has 0 saturated heterocycles. The fourth-order valence-corrected chi connectivity index (χ4v) is 18.7. The molecule has 8 aliphatic rings. The Bertz CT molecular complexity index is 2050. The molecule has 0 N–H and O–H groups in total. The fourth-order valence-electron chi connectivity index (χ4n) is 11.1. The Balaban J connectivity index is 1.17. The van der Waals surface area contributed by atoms with Crippen LogP contribution in [0.15, 0.2) is 180 Å². The zero-order chi connectivity index (χ0) is 35.6. The predicted octanol–water partition coefficient (Wildman–Crippen LogP) is 12.5. The smallest absolute Gasteiger partial charge is 0.0991 e. The van der Waals surface area contributed by atoms with Crippen molar-refractivity contribution < 1.29 is 0 Å². The highest BCUT2D eigenvalue weighted by Gasteiger charge is 2.56. The lowest BCUT2D eigenvalue weighted by molar-refractivity contribution is 0.378. The van der Waals surface area contributed by atoms with Gasteiger partial charge >= 0.3 is 0 Å². The molecule has 0 saturated carbocycles. The molecule has 0 aromatic heterocycles. The monoisotopic (exact) mass is 709 g/mol. The largest absolute Gasteiger partial charge is 0.334 e. The molecule has 0 fully saturated rings. The summed E-state index contributed by atoms with van der Waals surface area (Å²) in [6, 6.07) is 10.9. The average molecular weight is 710 g/mol. The first-order chi connectivity index (χ1) is 26.3. The Morgan fingerprint density at radius 1 is 0.717 bits per heavy atom. The van der Waals surface area contributed by atoms with Crippen LogP contribution in [0.3, 0.4) is 0 Å². The van der Waals surface area contributed by atoms with Gasteiger partial charge in [0.05, 0.1) is 25.7 Å². The van der Waals surface area contributed by atoms with Gasteiger partial charge in [0.2, 0.25) is 0 Å². The van der Waals surface area contributed by atoms with Crippen molar-refractivity contribution in [2.45, 2.75) is 92.4 Å². The third-order valence-corrected chi connectivity index (χ3v) is 20.3. The van der Waals surface area contributed by atoms with Crippen LogP contribution in [0, 0.1) is 17.2 Å². The molecule has 0 bridgehead atoms. The van der Waals surface area contributed by atoms with Crippen LogP contribution in [-0.4, -0.2) is 19.0 Å². The highest BCUT2D eigenvalue weighted by molar-refractivity contribution is 6.86. The number of nitriles is 1. The molecule has 7 aliphatic carbocycles. The Hall–Kier alpha value is -4.85. The summed E-state index contributed by atoms with van der Waals surface area (Å²) in [4.78, 5) is 5.17. The zero-order valence-corrected chi connectivity index (χ0v) is 31.8. The summed E-state index contributed by atoms with van der Waals surface area (Å²) >= 11 is 0. The van der Waals surface area contributed by atoms with Crippen molar-refractivity contribution in [1.29, 1.82) is 5.26 Å². The summed E-state index contributed by atoms with van der Waals surface area (Å²) < 4.78 is 0. The molecular formula is C49H51N3Si. The van der Waals surface area contributed by atoms with E-state index in [9.17, 15) is 5.26 Å². The molecule has 7 atom stereocenters. The summed E-state index contributed by atoms with van der Waals surface area (Å²) in [5.74, 6) is 0.425. The summed E-state index contributed by atoms with van der Waals surface area (Å²) in [7, 11) is -2.25. The second-order valence-electron chi connectivity index (χ2n) is 15.9. The predicted molar refractivity (Wildman–Crippen MR) is 223 cm³/mol. The minimum Gasteiger partial charge on any atom is -0.334 e. The van der Waals surface area contributed by atoms with Crippen molar-refractivity contribution in [1.82, 2.24) is 4.90 Å². The van der Waals surface area contributed by atoms with Gasteiger partial charge in [-0.2, -0.15) is 5.26 Å². The number of hydrogen-bond acceptors (Lipinski definition) is 3. The maximum atomic E-state index is 9.62. The molecule has 53 heavy (non-hydrogen) atoms. The van der Waals surface area contributed by atoms with Crippen molar-refractivity contribution >= 4 is 13.8 Å². The summed E-state index contributed by atoms with van der Waals surface area (Å²) in [6.45, 7) is 0. The molecule has 1 heterocycles. The normalized spacial score (nSPS) is 30.7. The Kier molecular flexibility index (Phi) is 9.53. The lowest BCUT2D eigenvalue weighted by Gasteiger charge is -2.54. The second-order valence-corrected chi connectivity index (χ2v) is 21.0. The molecule has 3 nitrogen and oxygen atoms in total. The second kappa shape index (κ2) is 14.9. The minimum absolute atomic E-state index is 0.358. The van der Waals surface area contributed by atoms with E-state index >= 15 is 0 Å². The molecule has 0 radical (unpaired) electrons. The van der Waals surface area contributed by atoms with Gasteiger partial charge in [0, 0.05) is 34.4 Å². The highest BCUT2D eigenvalue weighted by Crippen LogP contribution is 2.62. The van der Waals surface area contributed by atoms with Gasteiger partial charge in [0.1, 0.15) is 0 Å². The number of rotatable bonds is 8. The van der Waals surface area contributed by atoms with Crippen LogP contribution in [0.25, 0.3) is 0 Å². The Labute approximate surface area is 317 Å². The topological polar surface area (TPSA) is 30.3 Å². The summed E-state index contributed by atoms with van der Waals surface area (Å²) in [6.07, 6.45) is 62.7. The van der Waals surface area contributed by atoms with Gasteiger partial charge in [-0.25, -0.2) is 0 Å². The zero-order valence-electron chi connectivity index (χ0n) is 30.8. The molecular weight excluding hydrogens is 659 g/mol. The third-order valence-electron chi connectivity index (χ3n) is 13.3. The van der Waals surface area contributed by atoms with Gasteiger partial charge in [-0.15, -0.1) is 0 Å². The van der Waals surface area contributed by atoms with Crippen LogP contribution in [0.4, 0.5) is 5.69 Å². The van der Waals surface area contributed by atoms with Gasteiger partial charge in [0.15, 0.2) is 0 Å². The van der Waals surface area contributed by atoms with E-state index in [1.807, 2.05) is 12.1 Å². The van der Waals surface area contributed by atoms with Gasteiger partial charge in [-0.05, 0) is 141 Å². The first-order valence-corrected chi connectivity index (χ1v) is 22.5. The van der Waals surface area contributed by atoms with Crippen molar-refractivity contribution in [3.8, 4) is 6.07 Å². The van der Waals surface area contributed by atoms with Crippen LogP contribution in [-0.2, 0) is 0 Å². The molecule has 1 aromatic carbocycles. The van der Waals surface area contributed by atoms with Gasteiger partial charge in [-0.1, -0.05) is 103 Å². The van der Waals surface area contributed by atoms with E-state index in [0.717, 1.165) is 50.6 Å². The number of hydrogen-bond donors (Lipinski definition) is 0. The standard InChI is InChI=1S/C49H51N3Si/c50-36-37-28-30-40(31-29-37)51(38-16-5-1-6-17-38)41-20-15-25-44(34-41)53(42-21-9-3-10-22-42,43-23-11-4-12-24-43)45-32-33-49-47(35-45)46-26-13-14-27-48(46)52(49)39-18-7-2-8-19-39/h1,3-5,7,9-11,13-16,18-21,26-34,42-46,48H,2,6,8,12,17,22-25,35H2. The van der Waals surface area contributed by atoms with Crippen LogP contribution >= 0.6 is 0 Å². The summed E-state index contributed by atoms with van der Waals surface area (Å²) in [5, 5.41) is 9.62. The van der Waals surface area contributed by atoms with Crippen molar-refractivity contribution in [3.05, 3.63) is 186 Å². The lowest BCUT2D eigenvalue weighted by Crippen LogP contribution is -2.53.